The lowest BCUT2D eigenvalue weighted by molar-refractivity contribution is 0.190. The predicted octanol–water partition coefficient (Wildman–Crippen LogP) is 3.52. The fraction of sp³-hybridized carbons (Fsp3) is 0.500. The topological polar surface area (TPSA) is 36.3 Å². The average molecular weight is 301 g/mol. The summed E-state index contributed by atoms with van der Waals surface area (Å²) in [5.74, 6) is 0.514. The SMILES string of the molecule is COCCCn1c(C(C)Cl)nc2cc(F)c(OC)cc21. The van der Waals surface area contributed by atoms with Crippen LogP contribution in [0.5, 0.6) is 5.75 Å². The standard InChI is InChI=1S/C14H18ClFN2O2/c1-9(15)14-17-11-7-10(16)13(20-3)8-12(11)18(14)5-4-6-19-2/h7-9H,4-6H2,1-3H3. The van der Waals surface area contributed by atoms with Gasteiger partial charge in [0.2, 0.25) is 0 Å². The van der Waals surface area contributed by atoms with Gasteiger partial charge in [-0.25, -0.2) is 9.37 Å². The highest BCUT2D eigenvalue weighted by Crippen LogP contribution is 2.29. The molecule has 0 fully saturated rings. The highest BCUT2D eigenvalue weighted by molar-refractivity contribution is 6.20. The zero-order valence-electron chi connectivity index (χ0n) is 11.8. The Morgan fingerprint density at radius 1 is 1.40 bits per heavy atom. The Morgan fingerprint density at radius 2 is 2.15 bits per heavy atom. The summed E-state index contributed by atoms with van der Waals surface area (Å²) in [4.78, 5) is 4.42. The molecular weight excluding hydrogens is 283 g/mol. The molecule has 110 valence electrons. The molecule has 0 radical (unpaired) electrons. The molecule has 0 aliphatic heterocycles. The normalized spacial score (nSPS) is 12.8. The van der Waals surface area contributed by atoms with Crippen molar-refractivity contribution in [3.05, 3.63) is 23.8 Å². The van der Waals surface area contributed by atoms with Crippen molar-refractivity contribution in [2.75, 3.05) is 20.8 Å². The summed E-state index contributed by atoms with van der Waals surface area (Å²) in [7, 11) is 3.11. The predicted molar refractivity (Wildman–Crippen MR) is 77.0 cm³/mol. The maximum atomic E-state index is 13.7. The summed E-state index contributed by atoms with van der Waals surface area (Å²) in [6, 6.07) is 3.04. The van der Waals surface area contributed by atoms with Gasteiger partial charge in [0, 0.05) is 32.4 Å². The van der Waals surface area contributed by atoms with Crippen molar-refractivity contribution in [2.45, 2.75) is 25.3 Å². The number of aryl methyl sites for hydroxylation is 1. The number of hydrogen-bond donors (Lipinski definition) is 0. The summed E-state index contributed by atoms with van der Waals surface area (Å²) in [5.41, 5.74) is 1.41. The minimum atomic E-state index is -0.421. The lowest BCUT2D eigenvalue weighted by Gasteiger charge is -2.10. The number of methoxy groups -OCH3 is 2. The molecule has 20 heavy (non-hydrogen) atoms. The smallest absolute Gasteiger partial charge is 0.167 e. The number of hydrogen-bond acceptors (Lipinski definition) is 3. The molecule has 1 heterocycles. The van der Waals surface area contributed by atoms with Gasteiger partial charge in [-0.1, -0.05) is 0 Å². The third kappa shape index (κ3) is 2.88. The van der Waals surface area contributed by atoms with Gasteiger partial charge in [-0.15, -0.1) is 11.6 Å². The number of ether oxygens (including phenoxy) is 2. The van der Waals surface area contributed by atoms with Crippen LogP contribution in [0.15, 0.2) is 12.1 Å². The van der Waals surface area contributed by atoms with Crippen molar-refractivity contribution in [1.29, 1.82) is 0 Å². The van der Waals surface area contributed by atoms with Gasteiger partial charge in [0.1, 0.15) is 5.82 Å². The number of aromatic nitrogens is 2. The molecule has 0 aliphatic carbocycles. The van der Waals surface area contributed by atoms with Crippen LogP contribution in [0.1, 0.15) is 24.5 Å². The van der Waals surface area contributed by atoms with Crippen LogP contribution in [0.4, 0.5) is 4.39 Å². The molecule has 0 N–H and O–H groups in total. The van der Waals surface area contributed by atoms with Crippen LogP contribution < -0.4 is 4.74 Å². The second-order valence-electron chi connectivity index (χ2n) is 4.56. The molecule has 0 bridgehead atoms. The van der Waals surface area contributed by atoms with Crippen molar-refractivity contribution in [2.24, 2.45) is 0 Å². The van der Waals surface area contributed by atoms with Crippen LogP contribution in [0.25, 0.3) is 11.0 Å². The molecule has 6 heteroatoms. The number of alkyl halides is 1. The van der Waals surface area contributed by atoms with E-state index < -0.39 is 5.82 Å². The summed E-state index contributed by atoms with van der Waals surface area (Å²) in [6.45, 7) is 3.21. The first-order chi connectivity index (χ1) is 9.58. The fourth-order valence-corrected chi connectivity index (χ4v) is 2.37. The quantitative estimate of drug-likeness (QED) is 0.605. The van der Waals surface area contributed by atoms with Crippen molar-refractivity contribution in [3.63, 3.8) is 0 Å². The van der Waals surface area contributed by atoms with E-state index in [0.29, 0.717) is 18.7 Å². The van der Waals surface area contributed by atoms with E-state index in [4.69, 9.17) is 21.1 Å². The molecule has 0 saturated heterocycles. The molecule has 2 aromatic rings. The fourth-order valence-electron chi connectivity index (χ4n) is 2.21. The van der Waals surface area contributed by atoms with Crippen molar-refractivity contribution >= 4 is 22.6 Å². The molecule has 2 rings (SSSR count). The summed E-state index contributed by atoms with van der Waals surface area (Å²) in [5, 5.41) is -0.251. The van der Waals surface area contributed by atoms with Gasteiger partial charge in [-0.3, -0.25) is 0 Å². The molecule has 1 atom stereocenters. The van der Waals surface area contributed by atoms with E-state index in [1.807, 2.05) is 11.5 Å². The Bertz CT molecular complexity index is 598. The molecule has 0 spiro atoms. The zero-order chi connectivity index (χ0) is 14.7. The number of halogens is 2. The Kier molecular flexibility index (Phi) is 4.83. The van der Waals surface area contributed by atoms with Gasteiger partial charge in [0.15, 0.2) is 11.6 Å². The summed E-state index contributed by atoms with van der Waals surface area (Å²) < 4.78 is 25.8. The number of benzene rings is 1. The van der Waals surface area contributed by atoms with Gasteiger partial charge in [-0.2, -0.15) is 0 Å². The Morgan fingerprint density at radius 3 is 2.75 bits per heavy atom. The van der Waals surface area contributed by atoms with E-state index in [-0.39, 0.29) is 11.1 Å². The van der Waals surface area contributed by atoms with Gasteiger partial charge >= 0.3 is 0 Å². The third-order valence-corrected chi connectivity index (χ3v) is 3.33. The molecule has 1 aromatic carbocycles. The second-order valence-corrected chi connectivity index (χ2v) is 5.21. The monoisotopic (exact) mass is 300 g/mol. The lowest BCUT2D eigenvalue weighted by atomic mass is 10.2. The molecule has 0 amide bonds. The Balaban J connectivity index is 2.51. The molecule has 4 nitrogen and oxygen atoms in total. The van der Waals surface area contributed by atoms with E-state index >= 15 is 0 Å². The van der Waals surface area contributed by atoms with Crippen LogP contribution in [0, 0.1) is 5.82 Å². The van der Waals surface area contributed by atoms with Gasteiger partial charge < -0.3 is 14.0 Å². The van der Waals surface area contributed by atoms with Crippen LogP contribution in [-0.4, -0.2) is 30.4 Å². The van der Waals surface area contributed by atoms with Gasteiger partial charge in [0.05, 0.1) is 23.5 Å². The Labute approximate surface area is 122 Å². The van der Waals surface area contributed by atoms with E-state index in [1.54, 1.807) is 13.2 Å². The second kappa shape index (κ2) is 6.41. The number of nitrogens with zero attached hydrogens (tertiary/aromatic N) is 2. The van der Waals surface area contributed by atoms with Crippen molar-refractivity contribution in [1.82, 2.24) is 9.55 Å². The largest absolute Gasteiger partial charge is 0.494 e. The highest BCUT2D eigenvalue weighted by Gasteiger charge is 2.17. The number of rotatable bonds is 6. The van der Waals surface area contributed by atoms with Crippen LogP contribution in [0.3, 0.4) is 0 Å². The lowest BCUT2D eigenvalue weighted by Crippen LogP contribution is -2.06. The van der Waals surface area contributed by atoms with Crippen molar-refractivity contribution < 1.29 is 13.9 Å². The van der Waals surface area contributed by atoms with E-state index in [2.05, 4.69) is 4.98 Å². The summed E-state index contributed by atoms with van der Waals surface area (Å²) in [6.07, 6.45) is 0.832. The highest BCUT2D eigenvalue weighted by atomic mass is 35.5. The first-order valence-electron chi connectivity index (χ1n) is 6.45. The maximum absolute atomic E-state index is 13.7. The first kappa shape index (κ1) is 15.1. The van der Waals surface area contributed by atoms with Gasteiger partial charge in [0.25, 0.3) is 0 Å². The molecule has 1 unspecified atom stereocenters. The Hall–Kier alpha value is -1.33. The van der Waals surface area contributed by atoms with Gasteiger partial charge in [-0.05, 0) is 13.3 Å². The van der Waals surface area contributed by atoms with E-state index in [9.17, 15) is 4.39 Å². The third-order valence-electron chi connectivity index (χ3n) is 3.14. The number of imidazole rings is 1. The minimum Gasteiger partial charge on any atom is -0.494 e. The first-order valence-corrected chi connectivity index (χ1v) is 6.88. The van der Waals surface area contributed by atoms with E-state index in [1.165, 1.54) is 13.2 Å². The zero-order valence-corrected chi connectivity index (χ0v) is 12.6. The molecule has 1 aromatic heterocycles. The maximum Gasteiger partial charge on any atom is 0.167 e. The molecule has 0 aliphatic rings. The molecule has 0 saturated carbocycles. The van der Waals surface area contributed by atoms with Crippen LogP contribution in [0.2, 0.25) is 0 Å². The average Bonchev–Trinajstić information content (AvgIpc) is 2.76. The van der Waals surface area contributed by atoms with Crippen LogP contribution in [-0.2, 0) is 11.3 Å². The minimum absolute atomic E-state index is 0.208. The van der Waals surface area contributed by atoms with Crippen LogP contribution >= 0.6 is 11.6 Å². The van der Waals surface area contributed by atoms with E-state index in [0.717, 1.165) is 17.8 Å². The molecular formula is C14H18ClFN2O2. The number of fused-ring (bicyclic) bond motifs is 1. The summed E-state index contributed by atoms with van der Waals surface area (Å²) >= 11 is 6.17. The van der Waals surface area contributed by atoms with Crippen molar-refractivity contribution in [3.8, 4) is 5.75 Å².